The third kappa shape index (κ3) is 1.52. The number of nitrogens with two attached hydrogens (primary N) is 1. The molecule has 0 radical (unpaired) electrons. The van der Waals surface area contributed by atoms with Crippen LogP contribution in [0.4, 0.5) is 8.78 Å². The van der Waals surface area contributed by atoms with Gasteiger partial charge in [-0.2, -0.15) is 8.78 Å². The Labute approximate surface area is 85.8 Å². The summed E-state index contributed by atoms with van der Waals surface area (Å²) in [6.07, 6.45) is 0.585. The zero-order valence-corrected chi connectivity index (χ0v) is 8.22. The van der Waals surface area contributed by atoms with Crippen molar-refractivity contribution in [3.05, 3.63) is 23.3 Å². The Morgan fingerprint density at radius 1 is 1.47 bits per heavy atom. The molecule has 0 fully saturated rings. The molecule has 1 atom stereocenters. The Hall–Kier alpha value is -1.36. The van der Waals surface area contributed by atoms with Gasteiger partial charge in [-0.1, -0.05) is 0 Å². The van der Waals surface area contributed by atoms with E-state index < -0.39 is 11.6 Å². The molecule has 0 saturated heterocycles. The molecule has 1 aliphatic rings. The van der Waals surface area contributed by atoms with E-state index in [0.717, 1.165) is 0 Å². The van der Waals surface area contributed by atoms with Crippen molar-refractivity contribution in [2.75, 3.05) is 13.7 Å². The molecule has 2 N–H and O–H groups in total. The molecule has 0 saturated carbocycles. The Morgan fingerprint density at radius 3 is 2.87 bits per heavy atom. The molecule has 0 bridgehead atoms. The number of fused-ring (bicyclic) bond motifs is 1. The number of halogens is 2. The van der Waals surface area contributed by atoms with Crippen LogP contribution in [0.5, 0.6) is 11.5 Å². The van der Waals surface area contributed by atoms with Crippen LogP contribution in [-0.2, 0) is 0 Å². The van der Waals surface area contributed by atoms with Crippen LogP contribution < -0.4 is 15.2 Å². The topological polar surface area (TPSA) is 44.5 Å². The van der Waals surface area contributed by atoms with E-state index in [1.54, 1.807) is 0 Å². The first-order chi connectivity index (χ1) is 7.15. The van der Waals surface area contributed by atoms with Crippen LogP contribution in [0.25, 0.3) is 0 Å². The lowest BCUT2D eigenvalue weighted by molar-refractivity contribution is 0.247. The van der Waals surface area contributed by atoms with Gasteiger partial charge in [-0.15, -0.1) is 0 Å². The lowest BCUT2D eigenvalue weighted by atomic mass is 10.0. The maximum absolute atomic E-state index is 13.5. The van der Waals surface area contributed by atoms with Gasteiger partial charge < -0.3 is 15.2 Å². The van der Waals surface area contributed by atoms with E-state index in [1.165, 1.54) is 13.2 Å². The smallest absolute Gasteiger partial charge is 0.204 e. The summed E-state index contributed by atoms with van der Waals surface area (Å²) < 4.78 is 36.5. The molecule has 1 aromatic carbocycles. The Morgan fingerprint density at radius 2 is 2.20 bits per heavy atom. The maximum atomic E-state index is 13.5. The molecule has 0 aromatic heterocycles. The van der Waals surface area contributed by atoms with E-state index in [4.69, 9.17) is 15.2 Å². The predicted molar refractivity (Wildman–Crippen MR) is 50.0 cm³/mol. The standard InChI is InChI=1S/C10H11F2NO2/c1-14-7-4-5-6(13)2-3-15-10(5)9(12)8(7)11/h4,6H,2-3,13H2,1H3/t6-/m1/s1. The van der Waals surface area contributed by atoms with Gasteiger partial charge in [0.05, 0.1) is 13.7 Å². The van der Waals surface area contributed by atoms with E-state index in [1.807, 2.05) is 0 Å². The van der Waals surface area contributed by atoms with E-state index in [2.05, 4.69) is 0 Å². The summed E-state index contributed by atoms with van der Waals surface area (Å²) in [6, 6.07) is 1.05. The van der Waals surface area contributed by atoms with Crippen LogP contribution in [0.2, 0.25) is 0 Å². The van der Waals surface area contributed by atoms with Crippen molar-refractivity contribution >= 4 is 0 Å². The first-order valence-corrected chi connectivity index (χ1v) is 4.59. The molecule has 0 amide bonds. The van der Waals surface area contributed by atoms with Gasteiger partial charge in [-0.3, -0.25) is 0 Å². The summed E-state index contributed by atoms with van der Waals surface area (Å²) in [5.74, 6) is -2.30. The molecular weight excluding hydrogens is 204 g/mol. The van der Waals surface area contributed by atoms with Crippen LogP contribution >= 0.6 is 0 Å². The molecule has 5 heteroatoms. The Balaban J connectivity index is 2.61. The highest BCUT2D eigenvalue weighted by atomic mass is 19.2. The number of methoxy groups -OCH3 is 1. The second-order valence-electron chi connectivity index (χ2n) is 3.37. The molecule has 0 unspecified atom stereocenters. The molecule has 2 rings (SSSR count). The van der Waals surface area contributed by atoms with E-state index in [-0.39, 0.29) is 17.5 Å². The van der Waals surface area contributed by atoms with Gasteiger partial charge in [-0.05, 0) is 6.07 Å². The number of ether oxygens (including phenoxy) is 2. The van der Waals surface area contributed by atoms with E-state index >= 15 is 0 Å². The lowest BCUT2D eigenvalue weighted by Crippen LogP contribution is -2.22. The highest BCUT2D eigenvalue weighted by molar-refractivity contribution is 5.45. The molecule has 0 spiro atoms. The van der Waals surface area contributed by atoms with Crippen molar-refractivity contribution in [2.45, 2.75) is 12.5 Å². The molecule has 1 heterocycles. The third-order valence-electron chi connectivity index (χ3n) is 2.45. The van der Waals surface area contributed by atoms with E-state index in [9.17, 15) is 8.78 Å². The molecule has 1 aliphatic heterocycles. The summed E-state index contributed by atoms with van der Waals surface area (Å²) >= 11 is 0. The molecule has 3 nitrogen and oxygen atoms in total. The van der Waals surface area contributed by atoms with Gasteiger partial charge >= 0.3 is 0 Å². The second-order valence-corrected chi connectivity index (χ2v) is 3.37. The number of rotatable bonds is 1. The highest BCUT2D eigenvalue weighted by Gasteiger charge is 2.26. The normalized spacial score (nSPS) is 19.3. The van der Waals surface area contributed by atoms with Crippen molar-refractivity contribution in [2.24, 2.45) is 5.73 Å². The summed E-state index contributed by atoms with van der Waals surface area (Å²) in [5.41, 5.74) is 6.22. The fraction of sp³-hybridized carbons (Fsp3) is 0.400. The predicted octanol–water partition coefficient (Wildman–Crippen LogP) is 1.76. The minimum Gasteiger partial charge on any atom is -0.494 e. The van der Waals surface area contributed by atoms with Gasteiger partial charge in [0, 0.05) is 18.0 Å². The third-order valence-corrected chi connectivity index (χ3v) is 2.45. The summed E-state index contributed by atoms with van der Waals surface area (Å²) in [6.45, 7) is 0.302. The van der Waals surface area contributed by atoms with Crippen LogP contribution in [0, 0.1) is 11.6 Å². The fourth-order valence-electron chi connectivity index (χ4n) is 1.62. The van der Waals surface area contributed by atoms with Crippen LogP contribution in [0.1, 0.15) is 18.0 Å². The molecule has 82 valence electrons. The van der Waals surface area contributed by atoms with Crippen molar-refractivity contribution in [1.29, 1.82) is 0 Å². The Bertz CT molecular complexity index is 395. The minimum absolute atomic E-state index is 0.0907. The Kier molecular flexibility index (Phi) is 2.48. The van der Waals surface area contributed by atoms with Gasteiger partial charge in [0.1, 0.15) is 0 Å². The monoisotopic (exact) mass is 215 g/mol. The van der Waals surface area contributed by atoms with Crippen LogP contribution in [-0.4, -0.2) is 13.7 Å². The van der Waals surface area contributed by atoms with Crippen molar-refractivity contribution in [1.82, 2.24) is 0 Å². The van der Waals surface area contributed by atoms with Crippen molar-refractivity contribution in [3.8, 4) is 11.5 Å². The maximum Gasteiger partial charge on any atom is 0.204 e. The molecule has 15 heavy (non-hydrogen) atoms. The zero-order valence-electron chi connectivity index (χ0n) is 8.22. The zero-order chi connectivity index (χ0) is 11.0. The first kappa shape index (κ1) is 10.2. The average Bonchev–Trinajstić information content (AvgIpc) is 2.24. The second kappa shape index (κ2) is 3.66. The van der Waals surface area contributed by atoms with Crippen LogP contribution in [0.15, 0.2) is 6.07 Å². The SMILES string of the molecule is COc1cc2c(c(F)c1F)OCC[C@H]2N. The molecule has 1 aromatic rings. The minimum atomic E-state index is -1.04. The molecular formula is C10H11F2NO2. The highest BCUT2D eigenvalue weighted by Crippen LogP contribution is 2.38. The van der Waals surface area contributed by atoms with Gasteiger partial charge in [0.25, 0.3) is 0 Å². The van der Waals surface area contributed by atoms with E-state index in [0.29, 0.717) is 18.6 Å². The number of hydrogen-bond donors (Lipinski definition) is 1. The fourth-order valence-corrected chi connectivity index (χ4v) is 1.62. The van der Waals surface area contributed by atoms with Crippen molar-refractivity contribution in [3.63, 3.8) is 0 Å². The van der Waals surface area contributed by atoms with Gasteiger partial charge in [-0.25, -0.2) is 0 Å². The molecule has 0 aliphatic carbocycles. The van der Waals surface area contributed by atoms with Crippen molar-refractivity contribution < 1.29 is 18.3 Å². The summed E-state index contributed by atoms with van der Waals surface area (Å²) in [5, 5.41) is 0. The van der Waals surface area contributed by atoms with Crippen LogP contribution in [0.3, 0.4) is 0 Å². The summed E-state index contributed by atoms with van der Waals surface area (Å²) in [7, 11) is 1.28. The lowest BCUT2D eigenvalue weighted by Gasteiger charge is -2.24. The number of benzene rings is 1. The average molecular weight is 215 g/mol. The first-order valence-electron chi connectivity index (χ1n) is 4.59. The van der Waals surface area contributed by atoms with Gasteiger partial charge in [0.15, 0.2) is 11.5 Å². The number of hydrogen-bond acceptors (Lipinski definition) is 3. The quantitative estimate of drug-likeness (QED) is 0.776. The summed E-state index contributed by atoms with van der Waals surface area (Å²) in [4.78, 5) is 0. The van der Waals surface area contributed by atoms with Gasteiger partial charge in [0.2, 0.25) is 11.6 Å². The largest absolute Gasteiger partial charge is 0.494 e.